The van der Waals surface area contributed by atoms with Crippen LogP contribution in [-0.2, 0) is 10.5 Å². The molecular formula is C19H21N3O2S2. The molecule has 0 aliphatic heterocycles. The second-order valence-corrected chi connectivity index (χ2v) is 8.77. The molecule has 1 aromatic carbocycles. The fraction of sp³-hybridized carbons (Fsp3) is 0.316. The van der Waals surface area contributed by atoms with Gasteiger partial charge in [0.2, 0.25) is 5.91 Å². The van der Waals surface area contributed by atoms with Gasteiger partial charge in [0.25, 0.3) is 5.56 Å². The van der Waals surface area contributed by atoms with Crippen molar-refractivity contribution in [3.63, 3.8) is 0 Å². The Morgan fingerprint density at radius 2 is 2.04 bits per heavy atom. The quantitative estimate of drug-likeness (QED) is 0.689. The number of thiophene rings is 1. The number of nitrogens with zero attached hydrogens (tertiary/aromatic N) is 1. The van der Waals surface area contributed by atoms with Crippen LogP contribution >= 0.6 is 23.1 Å². The Morgan fingerprint density at radius 1 is 1.31 bits per heavy atom. The first kappa shape index (κ1) is 18.7. The zero-order valence-electron chi connectivity index (χ0n) is 15.2. The Labute approximate surface area is 160 Å². The van der Waals surface area contributed by atoms with E-state index in [9.17, 15) is 9.59 Å². The maximum Gasteiger partial charge on any atom is 0.259 e. The number of nitrogens with one attached hydrogen (secondary N) is 2. The van der Waals surface area contributed by atoms with E-state index in [1.807, 2.05) is 52.0 Å². The smallest absolute Gasteiger partial charge is 0.259 e. The highest BCUT2D eigenvalue weighted by Crippen LogP contribution is 2.26. The Balaban J connectivity index is 1.68. The van der Waals surface area contributed by atoms with Gasteiger partial charge in [-0.3, -0.25) is 9.59 Å². The van der Waals surface area contributed by atoms with E-state index in [4.69, 9.17) is 0 Å². The molecule has 2 heterocycles. The first-order valence-corrected chi connectivity index (χ1v) is 10.2. The summed E-state index contributed by atoms with van der Waals surface area (Å²) >= 11 is 2.98. The van der Waals surface area contributed by atoms with Crippen LogP contribution in [0, 0.1) is 20.8 Å². The van der Waals surface area contributed by atoms with Crippen LogP contribution in [0.3, 0.4) is 0 Å². The van der Waals surface area contributed by atoms with Crippen molar-refractivity contribution in [1.82, 2.24) is 9.97 Å². The highest BCUT2D eigenvalue weighted by molar-refractivity contribution is 7.99. The average Bonchev–Trinajstić information content (AvgIpc) is 2.89. The number of aromatic amines is 1. The summed E-state index contributed by atoms with van der Waals surface area (Å²) in [6.45, 7) is 7.75. The second kappa shape index (κ2) is 7.63. The largest absolute Gasteiger partial charge is 0.325 e. The number of amides is 1. The first-order chi connectivity index (χ1) is 12.4. The summed E-state index contributed by atoms with van der Waals surface area (Å²) in [5.41, 5.74) is 2.73. The number of thioether (sulfide) groups is 1. The lowest BCUT2D eigenvalue weighted by Gasteiger charge is -2.13. The molecule has 1 amide bonds. The molecule has 7 heteroatoms. The highest BCUT2D eigenvalue weighted by Gasteiger charge is 2.16. The van der Waals surface area contributed by atoms with Crippen LogP contribution in [0.4, 0.5) is 5.69 Å². The standard InChI is InChI=1S/C19H21N3O2S2/c1-10-7-5-6-8-14(10)20-17(23)13(4)25-9-15-21-18(24)16-11(2)12(3)26-19(16)22-15/h5-8,13H,9H2,1-4H3,(H,20,23)(H,21,22,24)/t13-/m1/s1. The van der Waals surface area contributed by atoms with Crippen molar-refractivity contribution in [2.75, 3.05) is 5.32 Å². The van der Waals surface area contributed by atoms with Gasteiger partial charge in [0.15, 0.2) is 0 Å². The van der Waals surface area contributed by atoms with Gasteiger partial charge >= 0.3 is 0 Å². The number of H-pyrrole nitrogens is 1. The molecule has 0 spiro atoms. The fourth-order valence-electron chi connectivity index (χ4n) is 2.59. The predicted molar refractivity (Wildman–Crippen MR) is 110 cm³/mol. The maximum absolute atomic E-state index is 12.4. The third-order valence-corrected chi connectivity index (χ3v) is 6.59. The number of carbonyl (C=O) groups excluding carboxylic acids is 1. The topological polar surface area (TPSA) is 74.8 Å². The van der Waals surface area contributed by atoms with Crippen molar-refractivity contribution < 1.29 is 4.79 Å². The fourth-order valence-corrected chi connectivity index (χ4v) is 4.40. The third-order valence-electron chi connectivity index (χ3n) is 4.33. The van der Waals surface area contributed by atoms with Crippen LogP contribution in [0.2, 0.25) is 0 Å². The SMILES string of the molecule is Cc1ccccc1NC(=O)[C@@H](C)SCc1nc2sc(C)c(C)c2c(=O)[nH]1. The van der Waals surface area contributed by atoms with Gasteiger partial charge < -0.3 is 10.3 Å². The van der Waals surface area contributed by atoms with Crippen LogP contribution in [0.15, 0.2) is 29.1 Å². The monoisotopic (exact) mass is 387 g/mol. The molecule has 2 N–H and O–H groups in total. The molecule has 0 aliphatic rings. The van der Waals surface area contributed by atoms with Gasteiger partial charge in [0.1, 0.15) is 10.7 Å². The first-order valence-electron chi connectivity index (χ1n) is 8.34. The van der Waals surface area contributed by atoms with Gasteiger partial charge in [-0.25, -0.2) is 4.98 Å². The number of anilines is 1. The van der Waals surface area contributed by atoms with Crippen molar-refractivity contribution in [3.8, 4) is 0 Å². The Morgan fingerprint density at radius 3 is 2.77 bits per heavy atom. The van der Waals surface area contributed by atoms with Gasteiger partial charge in [-0.1, -0.05) is 18.2 Å². The molecule has 0 fully saturated rings. The van der Waals surface area contributed by atoms with Gasteiger partial charge in [0, 0.05) is 10.6 Å². The lowest BCUT2D eigenvalue weighted by Crippen LogP contribution is -2.23. The number of rotatable bonds is 5. The molecule has 0 radical (unpaired) electrons. The molecule has 0 bridgehead atoms. The van der Waals surface area contributed by atoms with Gasteiger partial charge in [-0.2, -0.15) is 0 Å². The molecule has 1 atom stereocenters. The van der Waals surface area contributed by atoms with Crippen molar-refractivity contribution in [1.29, 1.82) is 0 Å². The zero-order chi connectivity index (χ0) is 18.8. The molecule has 26 heavy (non-hydrogen) atoms. The number of aryl methyl sites for hydroxylation is 3. The number of carbonyl (C=O) groups is 1. The molecule has 136 valence electrons. The zero-order valence-corrected chi connectivity index (χ0v) is 16.8. The van der Waals surface area contributed by atoms with E-state index < -0.39 is 0 Å². The normalized spacial score (nSPS) is 12.3. The molecule has 3 rings (SSSR count). The molecule has 0 saturated carbocycles. The van der Waals surface area contributed by atoms with E-state index in [-0.39, 0.29) is 16.7 Å². The van der Waals surface area contributed by atoms with Gasteiger partial charge in [-0.05, 0) is 44.9 Å². The Hall–Kier alpha value is -2.12. The minimum Gasteiger partial charge on any atom is -0.325 e. The number of para-hydroxylation sites is 1. The second-order valence-electron chi connectivity index (χ2n) is 6.23. The summed E-state index contributed by atoms with van der Waals surface area (Å²) in [7, 11) is 0. The number of hydrogen-bond donors (Lipinski definition) is 2. The van der Waals surface area contributed by atoms with Gasteiger partial charge in [0.05, 0.1) is 16.4 Å². The minimum atomic E-state index is -0.262. The number of benzene rings is 1. The van der Waals surface area contributed by atoms with E-state index >= 15 is 0 Å². The Kier molecular flexibility index (Phi) is 5.48. The van der Waals surface area contributed by atoms with E-state index in [1.165, 1.54) is 23.1 Å². The van der Waals surface area contributed by atoms with Gasteiger partial charge in [-0.15, -0.1) is 23.1 Å². The molecule has 0 unspecified atom stereocenters. The lowest BCUT2D eigenvalue weighted by atomic mass is 10.2. The molecular weight excluding hydrogens is 366 g/mol. The van der Waals surface area contributed by atoms with Crippen LogP contribution in [0.25, 0.3) is 10.2 Å². The van der Waals surface area contributed by atoms with E-state index in [2.05, 4.69) is 15.3 Å². The number of hydrogen-bond acceptors (Lipinski definition) is 5. The average molecular weight is 388 g/mol. The van der Waals surface area contributed by atoms with E-state index in [0.29, 0.717) is 17.0 Å². The Bertz CT molecular complexity index is 1020. The summed E-state index contributed by atoms with van der Waals surface area (Å²) in [5.74, 6) is 1.02. The summed E-state index contributed by atoms with van der Waals surface area (Å²) in [6.07, 6.45) is 0. The molecule has 0 saturated heterocycles. The van der Waals surface area contributed by atoms with Crippen LogP contribution in [0.1, 0.15) is 28.8 Å². The van der Waals surface area contributed by atoms with Crippen molar-refractivity contribution in [2.45, 2.75) is 38.7 Å². The molecule has 3 aromatic rings. The summed E-state index contributed by atoms with van der Waals surface area (Å²) < 4.78 is 0. The molecule has 0 aliphatic carbocycles. The number of aromatic nitrogens is 2. The highest BCUT2D eigenvalue weighted by atomic mass is 32.2. The van der Waals surface area contributed by atoms with E-state index in [0.717, 1.165) is 26.5 Å². The predicted octanol–water partition coefficient (Wildman–Crippen LogP) is 4.17. The minimum absolute atomic E-state index is 0.0597. The van der Waals surface area contributed by atoms with Crippen LogP contribution in [-0.4, -0.2) is 21.1 Å². The van der Waals surface area contributed by atoms with Crippen molar-refractivity contribution in [3.05, 3.63) is 56.4 Å². The summed E-state index contributed by atoms with van der Waals surface area (Å²) in [6, 6.07) is 7.69. The number of fused-ring (bicyclic) bond motifs is 1. The molecule has 5 nitrogen and oxygen atoms in total. The lowest BCUT2D eigenvalue weighted by molar-refractivity contribution is -0.115. The summed E-state index contributed by atoms with van der Waals surface area (Å²) in [5, 5.41) is 3.36. The van der Waals surface area contributed by atoms with E-state index in [1.54, 1.807) is 0 Å². The van der Waals surface area contributed by atoms with Crippen molar-refractivity contribution >= 4 is 44.9 Å². The summed E-state index contributed by atoms with van der Waals surface area (Å²) in [4.78, 5) is 34.0. The maximum atomic E-state index is 12.4. The third kappa shape index (κ3) is 3.83. The molecule has 2 aromatic heterocycles. The van der Waals surface area contributed by atoms with Crippen molar-refractivity contribution in [2.24, 2.45) is 0 Å². The van der Waals surface area contributed by atoms with Crippen LogP contribution < -0.4 is 10.9 Å². The van der Waals surface area contributed by atoms with Crippen LogP contribution in [0.5, 0.6) is 0 Å².